The Morgan fingerprint density at radius 2 is 1.55 bits per heavy atom. The van der Waals surface area contributed by atoms with Crippen LogP contribution in [0.3, 0.4) is 0 Å². The molecular weight excluding hydrogens is 263 g/mol. The van der Waals surface area contributed by atoms with Crippen LogP contribution in [0.4, 0.5) is 0 Å². The first-order chi connectivity index (χ1) is 9.47. The van der Waals surface area contributed by atoms with Gasteiger partial charge in [-0.25, -0.2) is 0 Å². The van der Waals surface area contributed by atoms with E-state index < -0.39 is 0 Å². The smallest absolute Gasteiger partial charge is 0.119 e. The number of rotatable bonds is 4. The van der Waals surface area contributed by atoms with Gasteiger partial charge in [0.15, 0.2) is 0 Å². The molecule has 20 heavy (non-hydrogen) atoms. The highest BCUT2D eigenvalue weighted by Gasteiger charge is 2.21. The molecule has 106 valence electrons. The van der Waals surface area contributed by atoms with Crippen LogP contribution in [0, 0.1) is 5.41 Å². The Kier molecular flexibility index (Phi) is 4.83. The molecule has 2 unspecified atom stereocenters. The highest BCUT2D eigenvalue weighted by molar-refractivity contribution is 7.17. The molecule has 0 aliphatic heterocycles. The van der Waals surface area contributed by atoms with Gasteiger partial charge in [-0.15, -0.1) is 9.24 Å². The van der Waals surface area contributed by atoms with Crippen LogP contribution in [0.25, 0.3) is 0 Å². The summed E-state index contributed by atoms with van der Waals surface area (Å²) in [6.07, 6.45) is 0. The van der Waals surface area contributed by atoms with Gasteiger partial charge in [0.1, 0.15) is 12.4 Å². The predicted molar refractivity (Wildman–Crippen MR) is 89.1 cm³/mol. The van der Waals surface area contributed by atoms with E-state index in [4.69, 9.17) is 4.74 Å². The number of hydrogen-bond donors (Lipinski definition) is 0. The molecule has 0 bridgehead atoms. The second-order valence-corrected chi connectivity index (χ2v) is 6.85. The molecule has 2 heteroatoms. The summed E-state index contributed by atoms with van der Waals surface area (Å²) in [5.74, 6) is 0.920. The van der Waals surface area contributed by atoms with Gasteiger partial charge >= 0.3 is 0 Å². The van der Waals surface area contributed by atoms with Crippen LogP contribution < -0.4 is 4.74 Å². The SMILES string of the molecule is CC(C)(C)C(P)c1ccc(OCc2ccccc2)cc1. The summed E-state index contributed by atoms with van der Waals surface area (Å²) < 4.78 is 5.81. The van der Waals surface area contributed by atoms with Crippen molar-refractivity contribution in [1.29, 1.82) is 0 Å². The molecule has 2 aromatic rings. The predicted octanol–water partition coefficient (Wildman–Crippen LogP) is 5.23. The van der Waals surface area contributed by atoms with E-state index >= 15 is 0 Å². The van der Waals surface area contributed by atoms with Gasteiger partial charge in [0.05, 0.1) is 0 Å². The third-order valence-electron chi connectivity index (χ3n) is 3.42. The minimum absolute atomic E-state index is 0.247. The van der Waals surface area contributed by atoms with Crippen molar-refractivity contribution >= 4 is 9.24 Å². The van der Waals surface area contributed by atoms with Gasteiger partial charge < -0.3 is 4.74 Å². The van der Waals surface area contributed by atoms with Crippen LogP contribution in [0.1, 0.15) is 37.6 Å². The Hall–Kier alpha value is -1.33. The third-order valence-corrected chi connectivity index (χ3v) is 4.81. The fraction of sp³-hybridized carbons (Fsp3) is 0.333. The third kappa shape index (κ3) is 4.08. The molecule has 0 amide bonds. The average Bonchev–Trinajstić information content (AvgIpc) is 2.45. The van der Waals surface area contributed by atoms with Crippen LogP contribution in [0.2, 0.25) is 0 Å². The minimum Gasteiger partial charge on any atom is -0.489 e. The van der Waals surface area contributed by atoms with E-state index in [2.05, 4.69) is 66.4 Å². The summed E-state index contributed by atoms with van der Waals surface area (Å²) in [5.41, 5.74) is 3.22. The second-order valence-electron chi connectivity index (χ2n) is 6.19. The van der Waals surface area contributed by atoms with Crippen molar-refractivity contribution in [3.63, 3.8) is 0 Å². The minimum atomic E-state index is 0.247. The summed E-state index contributed by atoms with van der Waals surface area (Å²) in [5, 5.41) is 0. The fourth-order valence-corrected chi connectivity index (χ4v) is 2.23. The van der Waals surface area contributed by atoms with Gasteiger partial charge in [-0.2, -0.15) is 0 Å². The standard InChI is InChI=1S/C18H23OP/c1-18(2,3)17(20)15-9-11-16(12-10-15)19-13-14-7-5-4-6-8-14/h4-12,17H,13,20H2,1-3H3. The maximum atomic E-state index is 5.81. The lowest BCUT2D eigenvalue weighted by Crippen LogP contribution is -2.12. The molecule has 2 rings (SSSR count). The number of benzene rings is 2. The monoisotopic (exact) mass is 286 g/mol. The highest BCUT2D eigenvalue weighted by atomic mass is 31.0. The fourth-order valence-electron chi connectivity index (χ4n) is 2.01. The zero-order valence-corrected chi connectivity index (χ0v) is 13.6. The first-order valence-corrected chi connectivity index (χ1v) is 7.66. The molecule has 1 nitrogen and oxygen atoms in total. The summed E-state index contributed by atoms with van der Waals surface area (Å²) in [4.78, 5) is 0. The van der Waals surface area contributed by atoms with E-state index in [-0.39, 0.29) is 5.41 Å². The molecule has 0 saturated heterocycles. The molecule has 0 radical (unpaired) electrons. The lowest BCUT2D eigenvalue weighted by atomic mass is 9.87. The summed E-state index contributed by atoms with van der Waals surface area (Å²) in [7, 11) is 2.94. The zero-order chi connectivity index (χ0) is 14.6. The molecule has 0 N–H and O–H groups in total. The van der Waals surface area contributed by atoms with Gasteiger partial charge in [-0.1, -0.05) is 63.2 Å². The van der Waals surface area contributed by atoms with E-state index in [9.17, 15) is 0 Å². The van der Waals surface area contributed by atoms with Gasteiger partial charge in [0, 0.05) is 5.66 Å². The van der Waals surface area contributed by atoms with Gasteiger partial charge in [-0.05, 0) is 28.7 Å². The molecule has 0 aromatic heterocycles. The van der Waals surface area contributed by atoms with Crippen molar-refractivity contribution in [2.45, 2.75) is 33.0 Å². The molecule has 0 fully saturated rings. The van der Waals surface area contributed by atoms with E-state index in [1.54, 1.807) is 0 Å². The quantitative estimate of drug-likeness (QED) is 0.699. The summed E-state index contributed by atoms with van der Waals surface area (Å²) in [6.45, 7) is 7.38. The molecule has 2 atom stereocenters. The van der Waals surface area contributed by atoms with Crippen LogP contribution in [-0.4, -0.2) is 0 Å². The Labute approximate surface area is 124 Å². The molecule has 2 aromatic carbocycles. The second kappa shape index (κ2) is 6.41. The van der Waals surface area contributed by atoms with Crippen LogP contribution >= 0.6 is 9.24 Å². The number of hydrogen-bond acceptors (Lipinski definition) is 1. The average molecular weight is 286 g/mol. The Morgan fingerprint density at radius 3 is 2.10 bits per heavy atom. The van der Waals surface area contributed by atoms with Crippen LogP contribution in [0.15, 0.2) is 54.6 Å². The topological polar surface area (TPSA) is 9.23 Å². The van der Waals surface area contributed by atoms with E-state index in [0.717, 1.165) is 5.75 Å². The molecule has 0 saturated carbocycles. The first-order valence-electron chi connectivity index (χ1n) is 6.99. The first kappa shape index (κ1) is 15.1. The Balaban J connectivity index is 1.98. The van der Waals surface area contributed by atoms with Crippen molar-refractivity contribution in [1.82, 2.24) is 0 Å². The van der Waals surface area contributed by atoms with Crippen molar-refractivity contribution in [3.8, 4) is 5.75 Å². The molecule has 0 aliphatic carbocycles. The lowest BCUT2D eigenvalue weighted by molar-refractivity contribution is 0.306. The lowest BCUT2D eigenvalue weighted by Gasteiger charge is -2.27. The molecule has 0 spiro atoms. The normalized spacial score (nSPS) is 13.0. The van der Waals surface area contributed by atoms with Crippen LogP contribution in [-0.2, 0) is 6.61 Å². The molecule has 0 heterocycles. The Bertz CT molecular complexity index is 526. The molecular formula is C18H23OP. The van der Waals surface area contributed by atoms with Gasteiger partial charge in [-0.3, -0.25) is 0 Å². The van der Waals surface area contributed by atoms with Crippen molar-refractivity contribution in [2.24, 2.45) is 5.41 Å². The van der Waals surface area contributed by atoms with Crippen LogP contribution in [0.5, 0.6) is 5.75 Å². The largest absolute Gasteiger partial charge is 0.489 e. The maximum absolute atomic E-state index is 5.81. The highest BCUT2D eigenvalue weighted by Crippen LogP contribution is 2.40. The maximum Gasteiger partial charge on any atom is 0.119 e. The molecule has 0 aliphatic rings. The summed E-state index contributed by atoms with van der Waals surface area (Å²) >= 11 is 0. The number of ether oxygens (including phenoxy) is 1. The van der Waals surface area contributed by atoms with E-state index in [1.165, 1.54) is 11.1 Å². The van der Waals surface area contributed by atoms with Gasteiger partial charge in [0.25, 0.3) is 0 Å². The van der Waals surface area contributed by atoms with Crippen molar-refractivity contribution in [3.05, 3.63) is 65.7 Å². The van der Waals surface area contributed by atoms with E-state index in [0.29, 0.717) is 12.3 Å². The van der Waals surface area contributed by atoms with Gasteiger partial charge in [0.2, 0.25) is 0 Å². The van der Waals surface area contributed by atoms with Crippen molar-refractivity contribution in [2.75, 3.05) is 0 Å². The van der Waals surface area contributed by atoms with Crippen molar-refractivity contribution < 1.29 is 4.74 Å². The Morgan fingerprint density at radius 1 is 0.950 bits per heavy atom. The van der Waals surface area contributed by atoms with E-state index in [1.807, 2.05) is 18.2 Å². The zero-order valence-electron chi connectivity index (χ0n) is 12.5. The summed E-state index contributed by atoms with van der Waals surface area (Å²) in [6, 6.07) is 18.7.